The number of nitrogens with two attached hydrogens (primary N) is 1. The van der Waals surface area contributed by atoms with Crippen LogP contribution in [0, 0.1) is 0 Å². The zero-order chi connectivity index (χ0) is 14.0. The van der Waals surface area contributed by atoms with E-state index < -0.39 is 0 Å². The van der Waals surface area contributed by atoms with Gasteiger partial charge in [0.2, 0.25) is 0 Å². The number of aromatic hydroxyl groups is 1. The molecular weight excluding hydrogens is 260 g/mol. The Bertz CT molecular complexity index is 655. The quantitative estimate of drug-likeness (QED) is 0.839. The molecule has 0 spiro atoms. The van der Waals surface area contributed by atoms with Gasteiger partial charge in [0.05, 0.1) is 17.1 Å². The predicted octanol–water partition coefficient (Wildman–Crippen LogP) is 1.90. The molecule has 0 radical (unpaired) electrons. The van der Waals surface area contributed by atoms with E-state index in [1.807, 2.05) is 18.2 Å². The summed E-state index contributed by atoms with van der Waals surface area (Å²) in [4.78, 5) is 13.8. The van der Waals surface area contributed by atoms with Crippen molar-refractivity contribution >= 4 is 33.9 Å². The van der Waals surface area contributed by atoms with Crippen molar-refractivity contribution in [1.82, 2.24) is 4.90 Å². The lowest BCUT2D eigenvalue weighted by Gasteiger charge is -2.17. The monoisotopic (exact) mass is 274 g/mol. The zero-order valence-corrected chi connectivity index (χ0v) is 11.3. The number of thiocarbonyl (C=S) groups is 1. The molecule has 0 aliphatic heterocycles. The van der Waals surface area contributed by atoms with Crippen molar-refractivity contribution in [3.05, 3.63) is 42.0 Å². The molecule has 0 fully saturated rings. The zero-order valence-electron chi connectivity index (χ0n) is 10.5. The maximum atomic E-state index is 12.2. The highest BCUT2D eigenvalue weighted by Gasteiger charge is 2.17. The van der Waals surface area contributed by atoms with E-state index >= 15 is 0 Å². The molecule has 0 saturated carbocycles. The van der Waals surface area contributed by atoms with Crippen molar-refractivity contribution in [2.24, 2.45) is 5.73 Å². The Morgan fingerprint density at radius 2 is 2.00 bits per heavy atom. The average molecular weight is 274 g/mol. The summed E-state index contributed by atoms with van der Waals surface area (Å²) < 4.78 is 0. The molecule has 0 aliphatic carbocycles. The van der Waals surface area contributed by atoms with Gasteiger partial charge in [0.25, 0.3) is 5.91 Å². The summed E-state index contributed by atoms with van der Waals surface area (Å²) in [5.41, 5.74) is 5.66. The van der Waals surface area contributed by atoms with Crippen LogP contribution in [0.1, 0.15) is 10.4 Å². The van der Waals surface area contributed by atoms with E-state index in [-0.39, 0.29) is 28.8 Å². The number of hydrogen-bond acceptors (Lipinski definition) is 3. The highest BCUT2D eigenvalue weighted by Crippen LogP contribution is 2.29. The minimum absolute atomic E-state index is 0.0158. The maximum absolute atomic E-state index is 12.2. The summed E-state index contributed by atoms with van der Waals surface area (Å²) in [5.74, 6) is -0.325. The van der Waals surface area contributed by atoms with Gasteiger partial charge in [-0.15, -0.1) is 0 Å². The minimum Gasteiger partial charge on any atom is -0.506 e. The third-order valence-corrected chi connectivity index (χ3v) is 3.00. The number of phenolic OH excluding ortho intramolecular Hbond substituents is 1. The van der Waals surface area contributed by atoms with Gasteiger partial charge < -0.3 is 15.7 Å². The summed E-state index contributed by atoms with van der Waals surface area (Å²) in [5, 5.41) is 11.7. The maximum Gasteiger partial charge on any atom is 0.257 e. The molecule has 5 heteroatoms. The second-order valence-corrected chi connectivity index (χ2v) is 4.83. The van der Waals surface area contributed by atoms with Gasteiger partial charge in [0, 0.05) is 12.4 Å². The lowest BCUT2D eigenvalue weighted by molar-refractivity contribution is 0.0812. The number of amides is 1. The summed E-state index contributed by atoms with van der Waals surface area (Å²) in [6.07, 6.45) is 0. The van der Waals surface area contributed by atoms with Crippen LogP contribution in [-0.2, 0) is 0 Å². The van der Waals surface area contributed by atoms with E-state index in [0.717, 1.165) is 5.39 Å². The van der Waals surface area contributed by atoms with Crippen molar-refractivity contribution < 1.29 is 9.90 Å². The van der Waals surface area contributed by atoms with Gasteiger partial charge in [0.15, 0.2) is 0 Å². The number of fused-ring (bicyclic) bond motifs is 1. The molecule has 98 valence electrons. The Kier molecular flexibility index (Phi) is 3.66. The second kappa shape index (κ2) is 5.24. The number of carbonyl (C=O) groups is 1. The van der Waals surface area contributed by atoms with Crippen LogP contribution in [0.25, 0.3) is 10.8 Å². The number of nitrogens with zero attached hydrogens (tertiary/aromatic N) is 1. The number of benzene rings is 2. The van der Waals surface area contributed by atoms with Gasteiger partial charge >= 0.3 is 0 Å². The highest BCUT2D eigenvalue weighted by atomic mass is 32.1. The summed E-state index contributed by atoms with van der Waals surface area (Å²) in [6, 6.07) is 10.8. The van der Waals surface area contributed by atoms with Crippen molar-refractivity contribution in [1.29, 1.82) is 0 Å². The predicted molar refractivity (Wildman–Crippen MR) is 79.4 cm³/mol. The fourth-order valence-electron chi connectivity index (χ4n) is 1.94. The van der Waals surface area contributed by atoms with Gasteiger partial charge in [-0.25, -0.2) is 0 Å². The average Bonchev–Trinajstić information content (AvgIpc) is 2.38. The number of carbonyl (C=O) groups excluding carboxylic acids is 1. The summed E-state index contributed by atoms with van der Waals surface area (Å²) in [6.45, 7) is 0.181. The Balaban J connectivity index is 2.43. The smallest absolute Gasteiger partial charge is 0.257 e. The molecule has 1 amide bonds. The Morgan fingerprint density at radius 3 is 2.68 bits per heavy atom. The van der Waals surface area contributed by atoms with Crippen molar-refractivity contribution in [3.8, 4) is 5.75 Å². The van der Waals surface area contributed by atoms with Gasteiger partial charge in [-0.3, -0.25) is 4.79 Å². The molecule has 0 atom stereocenters. The molecule has 2 rings (SSSR count). The van der Waals surface area contributed by atoms with Gasteiger partial charge in [-0.05, 0) is 11.5 Å². The van der Waals surface area contributed by atoms with E-state index in [2.05, 4.69) is 0 Å². The number of likely N-dealkylation sites (N-methyl/N-ethyl adjacent to an activating group) is 1. The molecule has 0 bridgehead atoms. The van der Waals surface area contributed by atoms with Crippen molar-refractivity contribution in [3.63, 3.8) is 0 Å². The lowest BCUT2D eigenvalue weighted by Crippen LogP contribution is -2.34. The molecule has 2 aromatic carbocycles. The molecule has 0 saturated heterocycles. The fourth-order valence-corrected chi connectivity index (χ4v) is 2.13. The van der Waals surface area contributed by atoms with E-state index in [9.17, 15) is 9.90 Å². The van der Waals surface area contributed by atoms with Crippen LogP contribution >= 0.6 is 12.2 Å². The van der Waals surface area contributed by atoms with Gasteiger partial charge in [0.1, 0.15) is 5.75 Å². The largest absolute Gasteiger partial charge is 0.506 e. The first-order valence-electron chi connectivity index (χ1n) is 5.75. The first-order chi connectivity index (χ1) is 9.00. The van der Waals surface area contributed by atoms with Gasteiger partial charge in [-0.2, -0.15) is 0 Å². The molecule has 4 nitrogen and oxygen atoms in total. The van der Waals surface area contributed by atoms with Crippen LogP contribution in [0.15, 0.2) is 36.4 Å². The van der Waals surface area contributed by atoms with Crippen molar-refractivity contribution in [2.45, 2.75) is 0 Å². The van der Waals surface area contributed by atoms with Crippen LogP contribution in [0.2, 0.25) is 0 Å². The third kappa shape index (κ3) is 2.66. The van der Waals surface area contributed by atoms with E-state index in [1.165, 1.54) is 4.90 Å². The summed E-state index contributed by atoms with van der Waals surface area (Å²) >= 11 is 4.77. The first-order valence-corrected chi connectivity index (χ1v) is 6.16. The first kappa shape index (κ1) is 13.3. The molecule has 3 N–H and O–H groups in total. The highest BCUT2D eigenvalue weighted by molar-refractivity contribution is 7.80. The van der Waals surface area contributed by atoms with E-state index in [0.29, 0.717) is 5.39 Å². The Morgan fingerprint density at radius 1 is 1.32 bits per heavy atom. The molecule has 0 aliphatic rings. The van der Waals surface area contributed by atoms with Crippen LogP contribution in [0.3, 0.4) is 0 Å². The Labute approximate surface area is 116 Å². The standard InChI is InChI=1S/C14H14N2O2S/c1-16(8-12(15)19)14(18)11-7-6-9-4-2-3-5-10(9)13(11)17/h2-7,17H,8H2,1H3,(H2,15,19). The van der Waals surface area contributed by atoms with E-state index in [1.54, 1.807) is 25.2 Å². The van der Waals surface area contributed by atoms with Crippen LogP contribution in [0.5, 0.6) is 5.75 Å². The molecular formula is C14H14N2O2S. The SMILES string of the molecule is CN(CC(N)=S)C(=O)c1ccc2ccccc2c1O. The summed E-state index contributed by atoms with van der Waals surface area (Å²) in [7, 11) is 1.59. The fraction of sp³-hybridized carbons (Fsp3) is 0.143. The Hall–Kier alpha value is -2.14. The van der Waals surface area contributed by atoms with Gasteiger partial charge in [-0.1, -0.05) is 42.5 Å². The molecule has 19 heavy (non-hydrogen) atoms. The van der Waals surface area contributed by atoms with E-state index in [4.69, 9.17) is 18.0 Å². The van der Waals surface area contributed by atoms with Crippen LogP contribution in [-0.4, -0.2) is 34.5 Å². The third-order valence-electron chi connectivity index (χ3n) is 2.87. The molecule has 0 aromatic heterocycles. The lowest BCUT2D eigenvalue weighted by atomic mass is 10.0. The second-order valence-electron chi connectivity index (χ2n) is 4.31. The molecule has 2 aromatic rings. The van der Waals surface area contributed by atoms with Crippen LogP contribution in [0.4, 0.5) is 0 Å². The van der Waals surface area contributed by atoms with Crippen molar-refractivity contribution in [2.75, 3.05) is 13.6 Å². The number of rotatable bonds is 3. The minimum atomic E-state index is -0.309. The normalized spacial score (nSPS) is 10.4. The topological polar surface area (TPSA) is 66.6 Å². The number of hydrogen-bond donors (Lipinski definition) is 2. The molecule has 0 unspecified atom stereocenters. The van der Waals surface area contributed by atoms with Crippen LogP contribution < -0.4 is 5.73 Å². The molecule has 0 heterocycles. The number of phenols is 1.